The van der Waals surface area contributed by atoms with E-state index in [1.807, 2.05) is 6.92 Å². The zero-order valence-corrected chi connectivity index (χ0v) is 18.4. The lowest BCUT2D eigenvalue weighted by atomic mass is 10.1. The van der Waals surface area contributed by atoms with Crippen LogP contribution in [0.2, 0.25) is 0 Å². The summed E-state index contributed by atoms with van der Waals surface area (Å²) in [5.41, 5.74) is 1.29. The zero-order valence-electron chi connectivity index (χ0n) is 18.4. The summed E-state index contributed by atoms with van der Waals surface area (Å²) in [6.07, 6.45) is 1.50. The summed E-state index contributed by atoms with van der Waals surface area (Å²) in [5.74, 6) is -0.598. The van der Waals surface area contributed by atoms with Crippen molar-refractivity contribution in [3.8, 4) is 11.5 Å². The quantitative estimate of drug-likeness (QED) is 0.375. The highest BCUT2D eigenvalue weighted by Crippen LogP contribution is 2.31. The average Bonchev–Trinajstić information content (AvgIpc) is 3.08. The standard InChI is InChI=1S/C26H22F2N2O4/c1-2-33-24-14-17(11-12-23(24)34-16-19-8-4-6-10-21(19)28)13-22-25(31)30(26(32)29-22)15-18-7-3-5-9-20(18)27/h3-14H,2,15-16H2,1H3,(H,29,32)/b22-13+. The van der Waals surface area contributed by atoms with Gasteiger partial charge in [-0.15, -0.1) is 0 Å². The maximum absolute atomic E-state index is 14.0. The van der Waals surface area contributed by atoms with E-state index in [2.05, 4.69) is 5.32 Å². The Morgan fingerprint density at radius 2 is 1.56 bits per heavy atom. The van der Waals surface area contributed by atoms with E-state index in [4.69, 9.17) is 9.47 Å². The molecule has 0 radical (unpaired) electrons. The fraction of sp³-hybridized carbons (Fsp3) is 0.154. The van der Waals surface area contributed by atoms with Crippen molar-refractivity contribution < 1.29 is 27.8 Å². The Balaban J connectivity index is 1.52. The molecule has 3 amide bonds. The number of hydrogen-bond acceptors (Lipinski definition) is 4. The van der Waals surface area contributed by atoms with Gasteiger partial charge in [0.15, 0.2) is 11.5 Å². The number of carbonyl (C=O) groups excluding carboxylic acids is 2. The first-order chi connectivity index (χ1) is 16.5. The largest absolute Gasteiger partial charge is 0.490 e. The van der Waals surface area contributed by atoms with Crippen molar-refractivity contribution in [2.45, 2.75) is 20.1 Å². The Kier molecular flexibility index (Phi) is 6.87. The van der Waals surface area contributed by atoms with Gasteiger partial charge >= 0.3 is 6.03 Å². The Morgan fingerprint density at radius 1 is 0.882 bits per heavy atom. The maximum atomic E-state index is 14.0. The first kappa shape index (κ1) is 23.0. The molecule has 1 aliphatic heterocycles. The highest BCUT2D eigenvalue weighted by atomic mass is 19.1. The topological polar surface area (TPSA) is 67.9 Å². The van der Waals surface area contributed by atoms with Gasteiger partial charge in [0.25, 0.3) is 5.91 Å². The highest BCUT2D eigenvalue weighted by Gasteiger charge is 2.34. The monoisotopic (exact) mass is 464 g/mol. The van der Waals surface area contributed by atoms with Crippen molar-refractivity contribution >= 4 is 18.0 Å². The van der Waals surface area contributed by atoms with Gasteiger partial charge in [-0.1, -0.05) is 42.5 Å². The van der Waals surface area contributed by atoms with Gasteiger partial charge in [0.05, 0.1) is 13.2 Å². The summed E-state index contributed by atoms with van der Waals surface area (Å²) in [6, 6.07) is 16.7. The van der Waals surface area contributed by atoms with Crippen LogP contribution in [-0.4, -0.2) is 23.4 Å². The first-order valence-corrected chi connectivity index (χ1v) is 10.7. The van der Waals surface area contributed by atoms with Crippen molar-refractivity contribution in [2.75, 3.05) is 6.61 Å². The van der Waals surface area contributed by atoms with Gasteiger partial charge in [-0.2, -0.15) is 0 Å². The van der Waals surface area contributed by atoms with Crippen LogP contribution in [0.1, 0.15) is 23.6 Å². The zero-order chi connectivity index (χ0) is 24.1. The number of nitrogens with one attached hydrogen (secondary N) is 1. The Bertz CT molecular complexity index is 1260. The number of imide groups is 1. The lowest BCUT2D eigenvalue weighted by Gasteiger charge is -2.13. The molecule has 3 aromatic rings. The molecule has 0 saturated carbocycles. The molecule has 4 rings (SSSR count). The van der Waals surface area contributed by atoms with Gasteiger partial charge in [-0.25, -0.2) is 13.6 Å². The minimum absolute atomic E-state index is 0.0206. The minimum atomic E-state index is -0.630. The summed E-state index contributed by atoms with van der Waals surface area (Å²) in [6.45, 7) is 2.02. The van der Waals surface area contributed by atoms with E-state index >= 15 is 0 Å². The molecule has 0 unspecified atom stereocenters. The van der Waals surface area contributed by atoms with E-state index in [1.54, 1.807) is 42.5 Å². The van der Waals surface area contributed by atoms with Crippen LogP contribution in [0.15, 0.2) is 72.4 Å². The van der Waals surface area contributed by atoms with Gasteiger partial charge in [0, 0.05) is 11.1 Å². The van der Waals surface area contributed by atoms with Crippen LogP contribution in [0.3, 0.4) is 0 Å². The second-order valence-corrected chi connectivity index (χ2v) is 7.49. The Hall–Kier alpha value is -4.20. The van der Waals surface area contributed by atoms with Crippen LogP contribution in [0.5, 0.6) is 11.5 Å². The van der Waals surface area contributed by atoms with Crippen molar-refractivity contribution in [1.29, 1.82) is 0 Å². The molecule has 1 saturated heterocycles. The molecule has 0 aliphatic carbocycles. The maximum Gasteiger partial charge on any atom is 0.329 e. The third-order valence-corrected chi connectivity index (χ3v) is 5.17. The number of benzene rings is 3. The van der Waals surface area contributed by atoms with Crippen LogP contribution in [0, 0.1) is 11.6 Å². The molecule has 0 atom stereocenters. The smallest absolute Gasteiger partial charge is 0.329 e. The molecule has 174 valence electrons. The molecule has 3 aromatic carbocycles. The van der Waals surface area contributed by atoms with E-state index < -0.39 is 17.8 Å². The summed E-state index contributed by atoms with van der Waals surface area (Å²) in [4.78, 5) is 26.0. The molecule has 1 heterocycles. The summed E-state index contributed by atoms with van der Waals surface area (Å²) in [7, 11) is 0. The van der Waals surface area contributed by atoms with Crippen molar-refractivity contribution in [3.05, 3.63) is 101 Å². The normalized spacial score (nSPS) is 14.4. The predicted octanol–water partition coefficient (Wildman–Crippen LogP) is 5.04. The third kappa shape index (κ3) is 5.06. The molecule has 34 heavy (non-hydrogen) atoms. The van der Waals surface area contributed by atoms with Gasteiger partial charge in [0.1, 0.15) is 23.9 Å². The summed E-state index contributed by atoms with van der Waals surface area (Å²) in [5, 5.41) is 2.52. The van der Waals surface area contributed by atoms with E-state index in [1.165, 1.54) is 30.3 Å². The number of nitrogens with zero attached hydrogens (tertiary/aromatic N) is 1. The lowest BCUT2D eigenvalue weighted by Crippen LogP contribution is -2.30. The molecular weight excluding hydrogens is 442 g/mol. The Morgan fingerprint density at radius 3 is 2.24 bits per heavy atom. The van der Waals surface area contributed by atoms with Crippen LogP contribution in [-0.2, 0) is 17.9 Å². The third-order valence-electron chi connectivity index (χ3n) is 5.17. The number of halogens is 2. The van der Waals surface area contributed by atoms with Crippen molar-refractivity contribution in [3.63, 3.8) is 0 Å². The van der Waals surface area contributed by atoms with E-state index in [0.29, 0.717) is 29.2 Å². The average molecular weight is 464 g/mol. The van der Waals surface area contributed by atoms with Crippen LogP contribution in [0.4, 0.5) is 13.6 Å². The van der Waals surface area contributed by atoms with Gasteiger partial charge in [0.2, 0.25) is 0 Å². The van der Waals surface area contributed by atoms with Crippen molar-refractivity contribution in [1.82, 2.24) is 10.2 Å². The number of rotatable bonds is 8. The number of carbonyl (C=O) groups is 2. The van der Waals surface area contributed by atoms with Crippen LogP contribution in [0.25, 0.3) is 6.08 Å². The molecule has 1 aliphatic rings. The predicted molar refractivity (Wildman–Crippen MR) is 122 cm³/mol. The second-order valence-electron chi connectivity index (χ2n) is 7.49. The van der Waals surface area contributed by atoms with Gasteiger partial charge < -0.3 is 14.8 Å². The summed E-state index contributed by atoms with van der Waals surface area (Å²) >= 11 is 0. The minimum Gasteiger partial charge on any atom is -0.490 e. The number of ether oxygens (including phenoxy) is 2. The molecule has 1 fully saturated rings. The van der Waals surface area contributed by atoms with Crippen LogP contribution >= 0.6 is 0 Å². The molecule has 0 aromatic heterocycles. The fourth-order valence-corrected chi connectivity index (χ4v) is 3.45. The molecule has 6 nitrogen and oxygen atoms in total. The first-order valence-electron chi connectivity index (χ1n) is 10.7. The Labute approximate surface area is 195 Å². The number of urea groups is 1. The van der Waals surface area contributed by atoms with Gasteiger partial charge in [-0.3, -0.25) is 9.69 Å². The SMILES string of the molecule is CCOc1cc(/C=C2/NC(=O)N(Cc3ccccc3F)C2=O)ccc1OCc1ccccc1F. The summed E-state index contributed by atoms with van der Waals surface area (Å²) < 4.78 is 39.2. The van der Waals surface area contributed by atoms with Crippen molar-refractivity contribution in [2.24, 2.45) is 0 Å². The lowest BCUT2D eigenvalue weighted by molar-refractivity contribution is -0.123. The fourth-order valence-electron chi connectivity index (χ4n) is 3.45. The molecule has 0 bridgehead atoms. The molecule has 0 spiro atoms. The highest BCUT2D eigenvalue weighted by molar-refractivity contribution is 6.13. The molecular formula is C26H22F2N2O4. The second kappa shape index (κ2) is 10.2. The van der Waals surface area contributed by atoms with E-state index in [0.717, 1.165) is 4.90 Å². The van der Waals surface area contributed by atoms with E-state index in [9.17, 15) is 18.4 Å². The molecule has 8 heteroatoms. The van der Waals surface area contributed by atoms with E-state index in [-0.39, 0.29) is 30.2 Å². The van der Waals surface area contributed by atoms with Crippen LogP contribution < -0.4 is 14.8 Å². The molecule has 1 N–H and O–H groups in total. The number of hydrogen-bond donors (Lipinski definition) is 1. The number of amides is 3. The van der Waals surface area contributed by atoms with Gasteiger partial charge in [-0.05, 0) is 42.8 Å².